The van der Waals surface area contributed by atoms with Crippen molar-refractivity contribution in [1.29, 1.82) is 0 Å². The minimum atomic E-state index is -0.335. The maximum atomic E-state index is 13.8. The van der Waals surface area contributed by atoms with E-state index in [1.807, 2.05) is 12.1 Å². The lowest BCUT2D eigenvalue weighted by atomic mass is 9.67. The van der Waals surface area contributed by atoms with Gasteiger partial charge in [-0.2, -0.15) is 0 Å². The van der Waals surface area contributed by atoms with Crippen molar-refractivity contribution in [3.63, 3.8) is 0 Å². The summed E-state index contributed by atoms with van der Waals surface area (Å²) < 4.78 is 13.8. The molecular formula is C14H19FO. The van der Waals surface area contributed by atoms with Crippen LogP contribution in [-0.2, 0) is 5.41 Å². The summed E-state index contributed by atoms with van der Waals surface area (Å²) in [7, 11) is 0. The van der Waals surface area contributed by atoms with Gasteiger partial charge in [0.1, 0.15) is 5.82 Å². The van der Waals surface area contributed by atoms with Gasteiger partial charge in [0.05, 0.1) is 6.61 Å². The Kier molecular flexibility index (Phi) is 3.29. The Balaban J connectivity index is 2.32. The van der Waals surface area contributed by atoms with E-state index in [2.05, 4.69) is 6.92 Å². The zero-order chi connectivity index (χ0) is 11.6. The first-order valence-electron chi connectivity index (χ1n) is 6.04. The number of hydrogen-bond acceptors (Lipinski definition) is 1. The molecule has 1 fully saturated rings. The molecule has 0 radical (unpaired) electrons. The topological polar surface area (TPSA) is 20.2 Å². The standard InChI is InChI=1S/C14H19FO/c1-11-6-8-14(10-16,9-7-11)12-4-2-3-5-13(12)15/h2-5,11,16H,6-10H2,1H3/t11-,14+. The van der Waals surface area contributed by atoms with Crippen molar-refractivity contribution >= 4 is 0 Å². The minimum absolute atomic E-state index is 0.0562. The summed E-state index contributed by atoms with van der Waals surface area (Å²) in [5, 5.41) is 9.64. The molecule has 16 heavy (non-hydrogen) atoms. The number of halogens is 1. The fourth-order valence-corrected chi connectivity index (χ4v) is 2.72. The van der Waals surface area contributed by atoms with Crippen molar-refractivity contribution in [2.24, 2.45) is 5.92 Å². The second-order valence-corrected chi connectivity index (χ2v) is 5.10. The summed E-state index contributed by atoms with van der Waals surface area (Å²) in [5.41, 5.74) is 0.363. The number of aliphatic hydroxyl groups is 1. The maximum Gasteiger partial charge on any atom is 0.127 e. The zero-order valence-electron chi connectivity index (χ0n) is 9.75. The van der Waals surface area contributed by atoms with Crippen molar-refractivity contribution < 1.29 is 9.50 Å². The highest BCUT2D eigenvalue weighted by molar-refractivity contribution is 5.28. The molecule has 88 valence electrons. The molecule has 0 amide bonds. The van der Waals surface area contributed by atoms with E-state index in [1.54, 1.807) is 6.07 Å². The summed E-state index contributed by atoms with van der Waals surface area (Å²) in [6.45, 7) is 2.28. The maximum absolute atomic E-state index is 13.8. The largest absolute Gasteiger partial charge is 0.395 e. The molecule has 2 heteroatoms. The Labute approximate surface area is 96.3 Å². The second-order valence-electron chi connectivity index (χ2n) is 5.10. The van der Waals surface area contributed by atoms with Gasteiger partial charge in [-0.15, -0.1) is 0 Å². The van der Waals surface area contributed by atoms with E-state index in [9.17, 15) is 9.50 Å². The fourth-order valence-electron chi connectivity index (χ4n) is 2.72. The molecule has 0 aliphatic heterocycles. The van der Waals surface area contributed by atoms with Crippen molar-refractivity contribution in [2.75, 3.05) is 6.61 Å². The SMILES string of the molecule is C[C@H]1CC[C@@](CO)(c2ccccc2F)CC1. The molecule has 0 spiro atoms. The number of benzene rings is 1. The van der Waals surface area contributed by atoms with E-state index < -0.39 is 0 Å². The van der Waals surface area contributed by atoms with Gasteiger partial charge in [0.2, 0.25) is 0 Å². The minimum Gasteiger partial charge on any atom is -0.395 e. The smallest absolute Gasteiger partial charge is 0.127 e. The van der Waals surface area contributed by atoms with Gasteiger partial charge < -0.3 is 5.11 Å². The monoisotopic (exact) mass is 222 g/mol. The molecule has 0 heterocycles. The van der Waals surface area contributed by atoms with Gasteiger partial charge in [-0.25, -0.2) is 4.39 Å². The Morgan fingerprint density at radius 3 is 2.50 bits per heavy atom. The molecule has 1 saturated carbocycles. The molecule has 1 aromatic carbocycles. The first-order valence-corrected chi connectivity index (χ1v) is 6.04. The Morgan fingerprint density at radius 1 is 1.31 bits per heavy atom. The molecule has 1 aliphatic carbocycles. The van der Waals surface area contributed by atoms with Crippen LogP contribution in [0.3, 0.4) is 0 Å². The normalized spacial score (nSPS) is 30.3. The van der Waals surface area contributed by atoms with Crippen LogP contribution in [0, 0.1) is 11.7 Å². The molecule has 1 nitrogen and oxygen atoms in total. The van der Waals surface area contributed by atoms with Crippen LogP contribution in [0.4, 0.5) is 4.39 Å². The fraction of sp³-hybridized carbons (Fsp3) is 0.571. The molecule has 1 aromatic rings. The summed E-state index contributed by atoms with van der Waals surface area (Å²) in [6, 6.07) is 6.87. The van der Waals surface area contributed by atoms with Crippen LogP contribution in [0.1, 0.15) is 38.2 Å². The van der Waals surface area contributed by atoms with Crippen LogP contribution >= 0.6 is 0 Å². The highest BCUT2D eigenvalue weighted by atomic mass is 19.1. The molecule has 0 saturated heterocycles. The van der Waals surface area contributed by atoms with E-state index in [1.165, 1.54) is 6.07 Å². The quantitative estimate of drug-likeness (QED) is 0.814. The third kappa shape index (κ3) is 1.99. The molecule has 2 rings (SSSR count). The van der Waals surface area contributed by atoms with Gasteiger partial charge in [0, 0.05) is 5.41 Å². The lowest BCUT2D eigenvalue weighted by molar-refractivity contribution is 0.131. The van der Waals surface area contributed by atoms with Gasteiger partial charge >= 0.3 is 0 Å². The third-order valence-electron chi connectivity index (χ3n) is 3.98. The first-order chi connectivity index (χ1) is 7.68. The molecule has 0 unspecified atom stereocenters. The Hall–Kier alpha value is -0.890. The van der Waals surface area contributed by atoms with Gasteiger partial charge in [0.15, 0.2) is 0 Å². The van der Waals surface area contributed by atoms with E-state index >= 15 is 0 Å². The summed E-state index contributed by atoms with van der Waals surface area (Å²) in [4.78, 5) is 0. The first kappa shape index (κ1) is 11.6. The highest BCUT2D eigenvalue weighted by Gasteiger charge is 2.36. The second kappa shape index (κ2) is 4.54. The number of rotatable bonds is 2. The lowest BCUT2D eigenvalue weighted by Gasteiger charge is -2.38. The highest BCUT2D eigenvalue weighted by Crippen LogP contribution is 2.41. The van der Waals surface area contributed by atoms with Crippen molar-refractivity contribution in [3.8, 4) is 0 Å². The average Bonchev–Trinajstić information content (AvgIpc) is 2.32. The third-order valence-corrected chi connectivity index (χ3v) is 3.98. The Bertz CT molecular complexity index is 354. The van der Waals surface area contributed by atoms with Crippen LogP contribution in [0.2, 0.25) is 0 Å². The van der Waals surface area contributed by atoms with Gasteiger partial charge in [-0.05, 0) is 43.2 Å². The molecule has 0 aromatic heterocycles. The van der Waals surface area contributed by atoms with Gasteiger partial charge in [-0.1, -0.05) is 25.1 Å². The summed E-state index contributed by atoms with van der Waals surface area (Å²) in [5.74, 6) is 0.526. The van der Waals surface area contributed by atoms with Gasteiger partial charge in [0.25, 0.3) is 0 Å². The Morgan fingerprint density at radius 2 is 1.94 bits per heavy atom. The predicted molar refractivity (Wildman–Crippen MR) is 62.8 cm³/mol. The zero-order valence-corrected chi connectivity index (χ0v) is 9.75. The van der Waals surface area contributed by atoms with Crippen molar-refractivity contribution in [2.45, 2.75) is 38.0 Å². The predicted octanol–water partition coefficient (Wildman–Crippen LogP) is 3.27. The summed E-state index contributed by atoms with van der Waals surface area (Å²) >= 11 is 0. The lowest BCUT2D eigenvalue weighted by Crippen LogP contribution is -2.35. The molecule has 0 atom stereocenters. The average molecular weight is 222 g/mol. The van der Waals surface area contributed by atoms with E-state index in [-0.39, 0.29) is 17.8 Å². The molecular weight excluding hydrogens is 203 g/mol. The van der Waals surface area contributed by atoms with Crippen molar-refractivity contribution in [3.05, 3.63) is 35.6 Å². The number of hydrogen-bond donors (Lipinski definition) is 1. The van der Waals surface area contributed by atoms with Crippen LogP contribution in [-0.4, -0.2) is 11.7 Å². The van der Waals surface area contributed by atoms with E-state index in [0.717, 1.165) is 25.7 Å². The van der Waals surface area contributed by atoms with Crippen LogP contribution in [0.15, 0.2) is 24.3 Å². The number of aliphatic hydroxyl groups excluding tert-OH is 1. The van der Waals surface area contributed by atoms with Crippen LogP contribution in [0.25, 0.3) is 0 Å². The van der Waals surface area contributed by atoms with E-state index in [4.69, 9.17) is 0 Å². The molecule has 1 aliphatic rings. The molecule has 0 bridgehead atoms. The summed E-state index contributed by atoms with van der Waals surface area (Å²) in [6.07, 6.45) is 3.95. The molecule has 1 N–H and O–H groups in total. The van der Waals surface area contributed by atoms with Crippen molar-refractivity contribution in [1.82, 2.24) is 0 Å². The van der Waals surface area contributed by atoms with Crippen LogP contribution < -0.4 is 0 Å². The van der Waals surface area contributed by atoms with Crippen LogP contribution in [0.5, 0.6) is 0 Å². The van der Waals surface area contributed by atoms with Gasteiger partial charge in [-0.3, -0.25) is 0 Å². The van der Waals surface area contributed by atoms with E-state index in [0.29, 0.717) is 11.5 Å².